The molecule has 0 atom stereocenters. The number of ether oxygens (including phenoxy) is 1. The van der Waals surface area contributed by atoms with Gasteiger partial charge < -0.3 is 10.1 Å². The van der Waals surface area contributed by atoms with Crippen LogP contribution in [0.15, 0.2) is 53.6 Å². The van der Waals surface area contributed by atoms with Gasteiger partial charge in [-0.05, 0) is 42.8 Å². The lowest BCUT2D eigenvalue weighted by Crippen LogP contribution is -2.32. The number of pyridine rings is 1. The lowest BCUT2D eigenvalue weighted by atomic mass is 10.3. The molecule has 0 aliphatic heterocycles. The fourth-order valence-electron chi connectivity index (χ4n) is 2.40. The fourth-order valence-corrected chi connectivity index (χ4v) is 3.85. The van der Waals surface area contributed by atoms with Crippen molar-refractivity contribution in [1.82, 2.24) is 9.29 Å². The number of rotatable bonds is 9. The third-order valence-electron chi connectivity index (χ3n) is 3.63. The first-order valence-electron chi connectivity index (χ1n) is 8.20. The first-order valence-corrected chi connectivity index (χ1v) is 9.64. The molecule has 0 spiro atoms. The van der Waals surface area contributed by atoms with Crippen molar-refractivity contribution in [1.29, 1.82) is 0 Å². The molecule has 1 N–H and O–H groups in total. The zero-order valence-electron chi connectivity index (χ0n) is 14.9. The van der Waals surface area contributed by atoms with E-state index in [9.17, 15) is 13.2 Å². The molecule has 0 aliphatic rings. The number of hydrogen-bond acceptors (Lipinski definition) is 5. The van der Waals surface area contributed by atoms with E-state index in [0.717, 1.165) is 0 Å². The van der Waals surface area contributed by atoms with Crippen LogP contribution in [0.1, 0.15) is 19.0 Å². The Morgan fingerprint density at radius 2 is 1.92 bits per heavy atom. The van der Waals surface area contributed by atoms with Crippen LogP contribution in [-0.4, -0.2) is 43.9 Å². The largest absolute Gasteiger partial charge is 0.385 e. The average molecular weight is 377 g/mol. The molecule has 0 saturated carbocycles. The van der Waals surface area contributed by atoms with Crippen molar-refractivity contribution >= 4 is 21.6 Å². The summed E-state index contributed by atoms with van der Waals surface area (Å²) in [6.45, 7) is 2.37. The molecule has 0 bridgehead atoms. The van der Waals surface area contributed by atoms with Gasteiger partial charge in [-0.1, -0.05) is 6.07 Å². The van der Waals surface area contributed by atoms with Crippen LogP contribution in [0.2, 0.25) is 0 Å². The van der Waals surface area contributed by atoms with E-state index in [4.69, 9.17) is 4.74 Å². The maximum Gasteiger partial charge on any atom is 0.243 e. The minimum absolute atomic E-state index is 0.167. The number of carbonyl (C=O) groups excluding carboxylic acids is 1. The van der Waals surface area contributed by atoms with Gasteiger partial charge in [-0.3, -0.25) is 9.78 Å². The molecular formula is C18H23N3O4S. The Hall–Kier alpha value is -2.29. The summed E-state index contributed by atoms with van der Waals surface area (Å²) in [5, 5.41) is 2.62. The van der Waals surface area contributed by atoms with Gasteiger partial charge in [0.1, 0.15) is 0 Å². The van der Waals surface area contributed by atoms with Gasteiger partial charge in [-0.2, -0.15) is 4.31 Å². The predicted molar refractivity (Wildman–Crippen MR) is 99.1 cm³/mol. The quantitative estimate of drug-likeness (QED) is 0.677. The van der Waals surface area contributed by atoms with Crippen LogP contribution in [0.25, 0.3) is 0 Å². The van der Waals surface area contributed by atoms with Crippen LogP contribution in [0.5, 0.6) is 0 Å². The highest BCUT2D eigenvalue weighted by atomic mass is 32.2. The maximum atomic E-state index is 13.0. The monoisotopic (exact) mass is 377 g/mol. The van der Waals surface area contributed by atoms with Crippen LogP contribution < -0.4 is 5.32 Å². The molecular weight excluding hydrogens is 354 g/mol. The number of nitrogens with one attached hydrogen (secondary N) is 1. The van der Waals surface area contributed by atoms with Crippen molar-refractivity contribution in [2.45, 2.75) is 24.8 Å². The van der Waals surface area contributed by atoms with Gasteiger partial charge in [0.05, 0.1) is 17.1 Å². The zero-order chi connectivity index (χ0) is 19.0. The molecule has 0 fully saturated rings. The van der Waals surface area contributed by atoms with Gasteiger partial charge in [0.15, 0.2) is 0 Å². The molecule has 2 rings (SSSR count). The summed E-state index contributed by atoms with van der Waals surface area (Å²) in [5.41, 5.74) is 1.22. The Balaban J connectivity index is 2.24. The number of nitrogens with zero attached hydrogens (tertiary/aromatic N) is 2. The highest BCUT2D eigenvalue weighted by molar-refractivity contribution is 7.89. The smallest absolute Gasteiger partial charge is 0.243 e. The van der Waals surface area contributed by atoms with Gasteiger partial charge in [0.25, 0.3) is 0 Å². The predicted octanol–water partition coefficient (Wildman–Crippen LogP) is 2.27. The Morgan fingerprint density at radius 1 is 1.19 bits per heavy atom. The molecule has 0 aliphatic carbocycles. The SMILES string of the molecule is COCCCN(Cc1ccccn1)S(=O)(=O)c1ccc(NC(C)=O)cc1. The Labute approximate surface area is 154 Å². The van der Waals surface area contributed by atoms with E-state index in [1.165, 1.54) is 23.4 Å². The minimum atomic E-state index is -3.70. The van der Waals surface area contributed by atoms with E-state index in [1.807, 2.05) is 6.07 Å². The number of anilines is 1. The molecule has 0 unspecified atom stereocenters. The third kappa shape index (κ3) is 5.62. The second kappa shape index (κ2) is 9.42. The molecule has 2 aromatic rings. The van der Waals surface area contributed by atoms with Crippen molar-refractivity contribution < 1.29 is 17.9 Å². The minimum Gasteiger partial charge on any atom is -0.385 e. The molecule has 1 aromatic carbocycles. The van der Waals surface area contributed by atoms with E-state index in [-0.39, 0.29) is 17.3 Å². The highest BCUT2D eigenvalue weighted by Gasteiger charge is 2.24. The van der Waals surface area contributed by atoms with Crippen molar-refractivity contribution in [3.8, 4) is 0 Å². The maximum absolute atomic E-state index is 13.0. The second-order valence-corrected chi connectivity index (χ2v) is 7.65. The van der Waals surface area contributed by atoms with Crippen LogP contribution >= 0.6 is 0 Å². The third-order valence-corrected chi connectivity index (χ3v) is 5.49. The molecule has 1 aromatic heterocycles. The molecule has 26 heavy (non-hydrogen) atoms. The van der Waals surface area contributed by atoms with E-state index in [0.29, 0.717) is 31.0 Å². The summed E-state index contributed by atoms with van der Waals surface area (Å²) in [6, 6.07) is 11.5. The number of benzene rings is 1. The lowest BCUT2D eigenvalue weighted by Gasteiger charge is -2.22. The first-order chi connectivity index (χ1) is 12.4. The van der Waals surface area contributed by atoms with Crippen LogP contribution in [0.4, 0.5) is 5.69 Å². The van der Waals surface area contributed by atoms with Gasteiger partial charge in [-0.25, -0.2) is 8.42 Å². The first kappa shape index (κ1) is 20.0. The van der Waals surface area contributed by atoms with Crippen molar-refractivity contribution in [2.24, 2.45) is 0 Å². The zero-order valence-corrected chi connectivity index (χ0v) is 15.7. The van der Waals surface area contributed by atoms with Crippen LogP contribution in [0, 0.1) is 0 Å². The van der Waals surface area contributed by atoms with Gasteiger partial charge >= 0.3 is 0 Å². The van der Waals surface area contributed by atoms with E-state index in [2.05, 4.69) is 10.3 Å². The second-order valence-electron chi connectivity index (χ2n) is 5.71. The Morgan fingerprint density at radius 3 is 2.50 bits per heavy atom. The topological polar surface area (TPSA) is 88.6 Å². The normalized spacial score (nSPS) is 11.5. The summed E-state index contributed by atoms with van der Waals surface area (Å²) in [5.74, 6) is -0.211. The summed E-state index contributed by atoms with van der Waals surface area (Å²) in [6.07, 6.45) is 2.21. The highest BCUT2D eigenvalue weighted by Crippen LogP contribution is 2.20. The summed E-state index contributed by atoms with van der Waals surface area (Å²) < 4.78 is 32.5. The lowest BCUT2D eigenvalue weighted by molar-refractivity contribution is -0.114. The van der Waals surface area contributed by atoms with E-state index >= 15 is 0 Å². The Kier molecular flexibility index (Phi) is 7.26. The molecule has 1 amide bonds. The number of carbonyl (C=O) groups is 1. The van der Waals surface area contributed by atoms with Crippen molar-refractivity contribution in [2.75, 3.05) is 25.6 Å². The molecule has 7 nitrogen and oxygen atoms in total. The van der Waals surface area contributed by atoms with Gasteiger partial charge in [0, 0.05) is 39.1 Å². The summed E-state index contributed by atoms with van der Waals surface area (Å²) in [7, 11) is -2.12. The van der Waals surface area contributed by atoms with Gasteiger partial charge in [0.2, 0.25) is 15.9 Å². The number of methoxy groups -OCH3 is 1. The molecule has 0 radical (unpaired) electrons. The van der Waals surface area contributed by atoms with E-state index in [1.54, 1.807) is 37.6 Å². The van der Waals surface area contributed by atoms with Crippen molar-refractivity contribution in [3.63, 3.8) is 0 Å². The number of sulfonamides is 1. The van der Waals surface area contributed by atoms with Crippen LogP contribution in [-0.2, 0) is 26.1 Å². The van der Waals surface area contributed by atoms with Crippen molar-refractivity contribution in [3.05, 3.63) is 54.4 Å². The summed E-state index contributed by atoms with van der Waals surface area (Å²) >= 11 is 0. The fraction of sp³-hybridized carbons (Fsp3) is 0.333. The average Bonchev–Trinajstić information content (AvgIpc) is 2.62. The standard InChI is InChI=1S/C18H23N3O4S/c1-15(22)20-16-7-9-18(10-8-16)26(23,24)21(12-5-13-25-2)14-17-6-3-4-11-19-17/h3-4,6-11H,5,12-14H2,1-2H3,(H,20,22). The number of amides is 1. The molecule has 140 valence electrons. The molecule has 0 saturated heterocycles. The summed E-state index contributed by atoms with van der Waals surface area (Å²) in [4.78, 5) is 15.5. The number of hydrogen-bond donors (Lipinski definition) is 1. The molecule has 1 heterocycles. The van der Waals surface area contributed by atoms with Crippen LogP contribution in [0.3, 0.4) is 0 Å². The van der Waals surface area contributed by atoms with E-state index < -0.39 is 10.0 Å². The Bertz CT molecular complexity index is 808. The molecule has 8 heteroatoms. The van der Waals surface area contributed by atoms with Gasteiger partial charge in [-0.15, -0.1) is 0 Å². The number of aromatic nitrogens is 1.